The highest BCUT2D eigenvalue weighted by molar-refractivity contribution is 5.06. The number of nitriles is 1. The first-order valence-corrected chi connectivity index (χ1v) is 2.18. The molecule has 1 aliphatic rings. The van der Waals surface area contributed by atoms with Crippen molar-refractivity contribution in [3.05, 3.63) is 0 Å². The van der Waals surface area contributed by atoms with Crippen molar-refractivity contribution in [2.24, 2.45) is 5.41 Å². The Hall–Kier alpha value is -0.510. The summed E-state index contributed by atoms with van der Waals surface area (Å²) in [5, 5.41) is 8.22. The summed E-state index contributed by atoms with van der Waals surface area (Å²) in [7, 11) is 0. The lowest BCUT2D eigenvalue weighted by Gasteiger charge is -1.82. The van der Waals surface area contributed by atoms with Crippen LogP contribution in [0.1, 0.15) is 19.8 Å². The van der Waals surface area contributed by atoms with Crippen molar-refractivity contribution < 1.29 is 0 Å². The van der Waals surface area contributed by atoms with E-state index in [9.17, 15) is 0 Å². The molecule has 6 heavy (non-hydrogen) atoms. The molecule has 0 aromatic carbocycles. The van der Waals surface area contributed by atoms with Gasteiger partial charge in [-0.25, -0.2) is 0 Å². The molecular formula is C5H7N. The Balaban J connectivity index is 2.54. The lowest BCUT2D eigenvalue weighted by atomic mass is 10.2. The molecule has 1 heteroatoms. The number of hydrogen-bond acceptors (Lipinski definition) is 1. The molecule has 0 heterocycles. The Kier molecular flexibility index (Phi) is 0.464. The van der Waals surface area contributed by atoms with E-state index in [2.05, 4.69) is 6.07 Å². The van der Waals surface area contributed by atoms with Gasteiger partial charge in [0.15, 0.2) is 0 Å². The Morgan fingerprint density at radius 1 is 1.67 bits per heavy atom. The van der Waals surface area contributed by atoms with Gasteiger partial charge in [-0.15, -0.1) is 0 Å². The van der Waals surface area contributed by atoms with Gasteiger partial charge in [0.05, 0.1) is 11.5 Å². The summed E-state index contributed by atoms with van der Waals surface area (Å²) in [6.45, 7) is 1.99. The largest absolute Gasteiger partial charge is 0.198 e. The van der Waals surface area contributed by atoms with E-state index in [0.717, 1.165) is 12.8 Å². The van der Waals surface area contributed by atoms with Gasteiger partial charge in [-0.3, -0.25) is 0 Å². The quantitative estimate of drug-likeness (QED) is 0.431. The van der Waals surface area contributed by atoms with Crippen molar-refractivity contribution in [3.8, 4) is 6.07 Å². The predicted molar refractivity (Wildman–Crippen MR) is 23.0 cm³/mol. The maximum Gasteiger partial charge on any atom is 0.0686 e. The molecule has 0 aliphatic heterocycles. The molecule has 0 N–H and O–H groups in total. The van der Waals surface area contributed by atoms with E-state index in [4.69, 9.17) is 5.26 Å². The molecule has 1 nitrogen and oxygen atoms in total. The van der Waals surface area contributed by atoms with E-state index < -0.39 is 0 Å². The predicted octanol–water partition coefficient (Wildman–Crippen LogP) is 1.31. The molecule has 0 aromatic rings. The fraction of sp³-hybridized carbons (Fsp3) is 0.800. The van der Waals surface area contributed by atoms with Crippen LogP contribution >= 0.6 is 0 Å². The highest BCUT2D eigenvalue weighted by Crippen LogP contribution is 2.43. The van der Waals surface area contributed by atoms with Crippen LogP contribution in [-0.2, 0) is 0 Å². The first-order chi connectivity index (χ1) is 2.77. The SMILES string of the molecule is CC1(C#N)CC1. The fourth-order valence-electron chi connectivity index (χ4n) is 0.299. The van der Waals surface area contributed by atoms with Crippen LogP contribution in [0.4, 0.5) is 0 Å². The third-order valence-electron chi connectivity index (χ3n) is 1.27. The van der Waals surface area contributed by atoms with E-state index in [1.165, 1.54) is 0 Å². The summed E-state index contributed by atoms with van der Waals surface area (Å²) in [4.78, 5) is 0. The zero-order valence-electron chi connectivity index (χ0n) is 3.86. The van der Waals surface area contributed by atoms with E-state index in [1.54, 1.807) is 0 Å². The average molecular weight is 81.1 g/mol. The van der Waals surface area contributed by atoms with Crippen LogP contribution in [0.15, 0.2) is 0 Å². The van der Waals surface area contributed by atoms with Gasteiger partial charge in [0.2, 0.25) is 0 Å². The van der Waals surface area contributed by atoms with E-state index in [1.807, 2.05) is 6.92 Å². The Morgan fingerprint density at radius 3 is 2.17 bits per heavy atom. The molecule has 0 unspecified atom stereocenters. The summed E-state index contributed by atoms with van der Waals surface area (Å²) >= 11 is 0. The van der Waals surface area contributed by atoms with E-state index in [0.29, 0.717) is 0 Å². The summed E-state index contributed by atoms with van der Waals surface area (Å²) in [6.07, 6.45) is 2.23. The second kappa shape index (κ2) is 0.759. The second-order valence-electron chi connectivity index (χ2n) is 2.17. The van der Waals surface area contributed by atoms with Crippen LogP contribution in [0.2, 0.25) is 0 Å². The van der Waals surface area contributed by atoms with E-state index in [-0.39, 0.29) is 5.41 Å². The zero-order chi connectivity index (χ0) is 4.62. The fourth-order valence-corrected chi connectivity index (χ4v) is 0.299. The summed E-state index contributed by atoms with van der Waals surface area (Å²) in [5.41, 5.74) is 0.0972. The highest BCUT2D eigenvalue weighted by Gasteiger charge is 2.36. The Bertz CT molecular complexity index is 95.0. The van der Waals surface area contributed by atoms with Crippen LogP contribution in [-0.4, -0.2) is 0 Å². The molecule has 0 amide bonds. The van der Waals surface area contributed by atoms with Crippen molar-refractivity contribution in [2.75, 3.05) is 0 Å². The Morgan fingerprint density at radius 2 is 2.17 bits per heavy atom. The number of nitrogens with zero attached hydrogens (tertiary/aromatic N) is 1. The smallest absolute Gasteiger partial charge is 0.0686 e. The third-order valence-corrected chi connectivity index (χ3v) is 1.27. The molecule has 1 saturated carbocycles. The standard InChI is InChI=1S/C5H7N/c1-5(4-6)2-3-5/h2-3H2,1H3. The van der Waals surface area contributed by atoms with Crippen LogP contribution in [0, 0.1) is 16.7 Å². The minimum atomic E-state index is 0.0972. The van der Waals surface area contributed by atoms with Gasteiger partial charge < -0.3 is 0 Å². The molecule has 0 spiro atoms. The topological polar surface area (TPSA) is 23.8 Å². The van der Waals surface area contributed by atoms with Gasteiger partial charge in [-0.05, 0) is 19.8 Å². The maximum atomic E-state index is 8.22. The van der Waals surface area contributed by atoms with Gasteiger partial charge in [0.25, 0.3) is 0 Å². The van der Waals surface area contributed by atoms with Crippen molar-refractivity contribution in [1.29, 1.82) is 5.26 Å². The monoisotopic (exact) mass is 81.1 g/mol. The average Bonchev–Trinajstić information content (AvgIpc) is 2.22. The molecule has 0 bridgehead atoms. The molecule has 1 rings (SSSR count). The van der Waals surface area contributed by atoms with Crippen molar-refractivity contribution >= 4 is 0 Å². The zero-order valence-corrected chi connectivity index (χ0v) is 3.86. The highest BCUT2D eigenvalue weighted by atomic mass is 14.4. The first-order valence-electron chi connectivity index (χ1n) is 2.18. The van der Waals surface area contributed by atoms with E-state index >= 15 is 0 Å². The first kappa shape index (κ1) is 3.67. The van der Waals surface area contributed by atoms with Crippen molar-refractivity contribution in [1.82, 2.24) is 0 Å². The van der Waals surface area contributed by atoms with Gasteiger partial charge in [0.1, 0.15) is 0 Å². The lowest BCUT2D eigenvalue weighted by molar-refractivity contribution is 0.767. The molecule has 0 radical (unpaired) electrons. The summed E-state index contributed by atoms with van der Waals surface area (Å²) < 4.78 is 0. The molecule has 1 aliphatic carbocycles. The molecule has 0 aromatic heterocycles. The normalized spacial score (nSPS) is 25.3. The number of hydrogen-bond donors (Lipinski definition) is 0. The summed E-state index contributed by atoms with van der Waals surface area (Å²) in [6, 6.07) is 2.22. The van der Waals surface area contributed by atoms with Crippen LogP contribution in [0.25, 0.3) is 0 Å². The number of rotatable bonds is 0. The molecular weight excluding hydrogens is 74.1 g/mol. The Labute approximate surface area is 37.6 Å². The van der Waals surface area contributed by atoms with Gasteiger partial charge in [-0.1, -0.05) is 0 Å². The molecule has 1 fully saturated rings. The van der Waals surface area contributed by atoms with Crippen LogP contribution in [0.3, 0.4) is 0 Å². The maximum absolute atomic E-state index is 8.22. The molecule has 0 saturated heterocycles. The van der Waals surface area contributed by atoms with Gasteiger partial charge >= 0.3 is 0 Å². The second-order valence-corrected chi connectivity index (χ2v) is 2.17. The minimum absolute atomic E-state index is 0.0972. The van der Waals surface area contributed by atoms with Gasteiger partial charge in [-0.2, -0.15) is 5.26 Å². The summed E-state index contributed by atoms with van der Waals surface area (Å²) in [5.74, 6) is 0. The van der Waals surface area contributed by atoms with Crippen molar-refractivity contribution in [2.45, 2.75) is 19.8 Å². The molecule has 32 valence electrons. The van der Waals surface area contributed by atoms with Crippen molar-refractivity contribution in [3.63, 3.8) is 0 Å². The van der Waals surface area contributed by atoms with Crippen LogP contribution < -0.4 is 0 Å². The van der Waals surface area contributed by atoms with Gasteiger partial charge in [0, 0.05) is 0 Å². The minimum Gasteiger partial charge on any atom is -0.198 e. The molecule has 0 atom stereocenters. The van der Waals surface area contributed by atoms with Crippen LogP contribution in [0.5, 0.6) is 0 Å². The third kappa shape index (κ3) is 0.386. The lowest BCUT2D eigenvalue weighted by Crippen LogP contribution is -1.81.